The highest BCUT2D eigenvalue weighted by Crippen LogP contribution is 2.25. The first kappa shape index (κ1) is 13.8. The molecule has 0 bridgehead atoms. The normalized spacial score (nSPS) is 14.8. The van der Waals surface area contributed by atoms with E-state index in [-0.39, 0.29) is 6.42 Å². The Morgan fingerprint density at radius 1 is 1.07 bits per heavy atom. The molecule has 0 spiro atoms. The van der Waals surface area contributed by atoms with Gasteiger partial charge in [0.05, 0.1) is 0 Å². The van der Waals surface area contributed by atoms with Crippen LogP contribution in [0.4, 0.5) is 13.2 Å². The van der Waals surface area contributed by atoms with Crippen LogP contribution in [0, 0.1) is 5.92 Å². The van der Waals surface area contributed by atoms with E-state index in [9.17, 15) is 13.2 Å². The summed E-state index contributed by atoms with van der Waals surface area (Å²) in [5.41, 5.74) is 0. The standard InChI is InChI=1S/C10H19F3O/c1-3-8(4-2)6-5-7-9(14)10(11,12)13/h8-9,14H,3-7H2,1-2H3/t9-/m1/s1. The second-order valence-electron chi connectivity index (χ2n) is 3.67. The van der Waals surface area contributed by atoms with Crippen molar-refractivity contribution in [3.05, 3.63) is 0 Å². The summed E-state index contributed by atoms with van der Waals surface area (Å²) in [5, 5.41) is 8.72. The van der Waals surface area contributed by atoms with Gasteiger partial charge >= 0.3 is 6.18 Å². The van der Waals surface area contributed by atoms with E-state index in [1.165, 1.54) is 0 Å². The Morgan fingerprint density at radius 3 is 1.93 bits per heavy atom. The minimum absolute atomic E-state index is 0.167. The molecule has 0 aliphatic carbocycles. The van der Waals surface area contributed by atoms with Crippen molar-refractivity contribution >= 4 is 0 Å². The smallest absolute Gasteiger partial charge is 0.384 e. The molecule has 86 valence electrons. The molecule has 0 saturated heterocycles. The summed E-state index contributed by atoms with van der Waals surface area (Å²) in [5.74, 6) is 0.496. The number of hydrogen-bond donors (Lipinski definition) is 1. The van der Waals surface area contributed by atoms with Gasteiger partial charge in [-0.3, -0.25) is 0 Å². The molecular weight excluding hydrogens is 193 g/mol. The third-order valence-electron chi connectivity index (χ3n) is 2.62. The maximum absolute atomic E-state index is 11.9. The molecule has 1 atom stereocenters. The van der Waals surface area contributed by atoms with E-state index in [4.69, 9.17) is 5.11 Å². The van der Waals surface area contributed by atoms with Gasteiger partial charge in [0.15, 0.2) is 0 Å². The Bertz CT molecular complexity index is 141. The Labute approximate surface area is 83.3 Å². The first-order valence-electron chi connectivity index (χ1n) is 5.16. The van der Waals surface area contributed by atoms with Crippen LogP contribution in [0.3, 0.4) is 0 Å². The SMILES string of the molecule is CCC(CC)CCC[C@@H](O)C(F)(F)F. The molecule has 0 unspecified atom stereocenters. The molecular formula is C10H19F3O. The molecule has 0 aliphatic rings. The third kappa shape index (κ3) is 5.47. The van der Waals surface area contributed by atoms with Gasteiger partial charge in [-0.25, -0.2) is 0 Å². The Hall–Kier alpha value is -0.250. The molecule has 0 aromatic carbocycles. The topological polar surface area (TPSA) is 20.2 Å². The minimum atomic E-state index is -4.45. The molecule has 14 heavy (non-hydrogen) atoms. The van der Waals surface area contributed by atoms with Crippen molar-refractivity contribution in [3.8, 4) is 0 Å². The van der Waals surface area contributed by atoms with Crippen molar-refractivity contribution in [1.82, 2.24) is 0 Å². The van der Waals surface area contributed by atoms with Crippen LogP contribution in [0.15, 0.2) is 0 Å². The van der Waals surface area contributed by atoms with Gasteiger partial charge in [0, 0.05) is 0 Å². The lowest BCUT2D eigenvalue weighted by Gasteiger charge is -2.16. The summed E-state index contributed by atoms with van der Waals surface area (Å²) < 4.78 is 35.7. The average molecular weight is 212 g/mol. The Balaban J connectivity index is 3.63. The van der Waals surface area contributed by atoms with Crippen LogP contribution in [0.5, 0.6) is 0 Å². The fourth-order valence-corrected chi connectivity index (χ4v) is 1.46. The predicted molar refractivity (Wildman–Crippen MR) is 50.0 cm³/mol. The second-order valence-corrected chi connectivity index (χ2v) is 3.67. The maximum atomic E-state index is 11.9. The first-order chi connectivity index (χ1) is 6.41. The highest BCUT2D eigenvalue weighted by Gasteiger charge is 2.37. The minimum Gasteiger partial charge on any atom is -0.384 e. The molecule has 0 aromatic heterocycles. The van der Waals surface area contributed by atoms with Crippen molar-refractivity contribution in [1.29, 1.82) is 0 Å². The van der Waals surface area contributed by atoms with Crippen molar-refractivity contribution in [3.63, 3.8) is 0 Å². The summed E-state index contributed by atoms with van der Waals surface area (Å²) in [4.78, 5) is 0. The number of hydrogen-bond acceptors (Lipinski definition) is 1. The van der Waals surface area contributed by atoms with Gasteiger partial charge in [-0.2, -0.15) is 13.2 Å². The van der Waals surface area contributed by atoms with Gasteiger partial charge in [0.2, 0.25) is 0 Å². The first-order valence-corrected chi connectivity index (χ1v) is 5.16. The van der Waals surface area contributed by atoms with Crippen LogP contribution in [0.25, 0.3) is 0 Å². The molecule has 0 rings (SSSR count). The van der Waals surface area contributed by atoms with E-state index in [1.807, 2.05) is 13.8 Å². The fraction of sp³-hybridized carbons (Fsp3) is 1.00. The molecule has 0 saturated carbocycles. The van der Waals surface area contributed by atoms with Gasteiger partial charge in [-0.05, 0) is 12.3 Å². The van der Waals surface area contributed by atoms with E-state index in [0.29, 0.717) is 12.3 Å². The zero-order valence-corrected chi connectivity index (χ0v) is 8.77. The Kier molecular flexibility index (Phi) is 6.16. The zero-order valence-electron chi connectivity index (χ0n) is 8.77. The lowest BCUT2D eigenvalue weighted by molar-refractivity contribution is -0.205. The van der Waals surface area contributed by atoms with E-state index >= 15 is 0 Å². The van der Waals surface area contributed by atoms with Crippen molar-refractivity contribution < 1.29 is 18.3 Å². The highest BCUT2D eigenvalue weighted by atomic mass is 19.4. The molecule has 1 nitrogen and oxygen atoms in total. The lowest BCUT2D eigenvalue weighted by Crippen LogP contribution is -2.28. The van der Waals surface area contributed by atoms with Crippen LogP contribution in [0.1, 0.15) is 46.0 Å². The summed E-state index contributed by atoms with van der Waals surface area (Å²) in [6, 6.07) is 0. The van der Waals surface area contributed by atoms with E-state index in [2.05, 4.69) is 0 Å². The molecule has 0 aromatic rings. The molecule has 1 N–H and O–H groups in total. The molecule has 0 aliphatic heterocycles. The van der Waals surface area contributed by atoms with Crippen LogP contribution in [-0.2, 0) is 0 Å². The maximum Gasteiger partial charge on any atom is 0.414 e. The van der Waals surface area contributed by atoms with Crippen LogP contribution >= 0.6 is 0 Å². The van der Waals surface area contributed by atoms with Crippen molar-refractivity contribution in [2.24, 2.45) is 5.92 Å². The van der Waals surface area contributed by atoms with Crippen molar-refractivity contribution in [2.45, 2.75) is 58.2 Å². The summed E-state index contributed by atoms with van der Waals surface area (Å²) >= 11 is 0. The highest BCUT2D eigenvalue weighted by molar-refractivity contribution is 4.66. The van der Waals surface area contributed by atoms with Gasteiger partial charge in [0.1, 0.15) is 6.10 Å². The molecule has 0 amide bonds. The zero-order chi connectivity index (χ0) is 11.2. The van der Waals surface area contributed by atoms with Crippen LogP contribution in [0.2, 0.25) is 0 Å². The third-order valence-corrected chi connectivity index (χ3v) is 2.62. The molecule has 4 heteroatoms. The monoisotopic (exact) mass is 212 g/mol. The largest absolute Gasteiger partial charge is 0.414 e. The van der Waals surface area contributed by atoms with E-state index in [1.54, 1.807) is 0 Å². The number of aliphatic hydroxyl groups excluding tert-OH is 1. The molecule has 0 heterocycles. The van der Waals surface area contributed by atoms with Crippen LogP contribution in [-0.4, -0.2) is 17.4 Å². The fourth-order valence-electron chi connectivity index (χ4n) is 1.46. The van der Waals surface area contributed by atoms with E-state index in [0.717, 1.165) is 19.3 Å². The Morgan fingerprint density at radius 2 is 1.57 bits per heavy atom. The summed E-state index contributed by atoms with van der Waals surface area (Å²) in [6.07, 6.45) is -3.53. The summed E-state index contributed by atoms with van der Waals surface area (Å²) in [7, 11) is 0. The van der Waals surface area contributed by atoms with E-state index < -0.39 is 12.3 Å². The number of alkyl halides is 3. The van der Waals surface area contributed by atoms with Gasteiger partial charge in [-0.15, -0.1) is 0 Å². The van der Waals surface area contributed by atoms with Gasteiger partial charge in [-0.1, -0.05) is 39.5 Å². The average Bonchev–Trinajstić information content (AvgIpc) is 2.10. The van der Waals surface area contributed by atoms with Gasteiger partial charge in [0.25, 0.3) is 0 Å². The molecule has 0 fully saturated rings. The van der Waals surface area contributed by atoms with Crippen LogP contribution < -0.4 is 0 Å². The molecule has 0 radical (unpaired) electrons. The van der Waals surface area contributed by atoms with Crippen molar-refractivity contribution in [2.75, 3.05) is 0 Å². The number of halogens is 3. The predicted octanol–water partition coefficient (Wildman–Crippen LogP) is 3.52. The summed E-state index contributed by atoms with van der Waals surface area (Å²) in [6.45, 7) is 4.07. The second kappa shape index (κ2) is 6.27. The quantitative estimate of drug-likeness (QED) is 0.714. The number of rotatable bonds is 6. The number of aliphatic hydroxyl groups is 1. The lowest BCUT2D eigenvalue weighted by atomic mass is 9.96. The van der Waals surface area contributed by atoms with Gasteiger partial charge < -0.3 is 5.11 Å².